The van der Waals surface area contributed by atoms with Crippen LogP contribution in [0.4, 0.5) is 11.5 Å². The number of nitrogens with zero attached hydrogens (tertiary/aromatic N) is 3. The number of pyridine rings is 1. The first kappa shape index (κ1) is 24.6. The quantitative estimate of drug-likeness (QED) is 0.258. The van der Waals surface area contributed by atoms with Crippen LogP contribution in [0, 0.1) is 0 Å². The number of carbonyl (C=O) groups is 1. The molecule has 2 N–H and O–H groups in total. The molecule has 4 aromatic rings. The Morgan fingerprint density at radius 1 is 1.10 bits per heavy atom. The molecule has 2 aromatic carbocycles. The van der Waals surface area contributed by atoms with E-state index in [1.165, 1.54) is 0 Å². The fourth-order valence-corrected chi connectivity index (χ4v) is 5.90. The average Bonchev–Trinajstić information content (AvgIpc) is 3.85. The SMILES string of the molecule is O=C1N(c2ccc(C(O)O)cc2)c2ncc(OCc3c(-c4c(Cl)cccc4Cl)noc3C3CC3)cc2C12CC2. The van der Waals surface area contributed by atoms with Crippen LogP contribution in [0.2, 0.25) is 10.0 Å². The normalized spacial score (nSPS) is 17.3. The molecule has 10 heteroatoms. The molecule has 1 amide bonds. The molecule has 0 radical (unpaired) electrons. The Balaban J connectivity index is 1.20. The molecule has 7 rings (SSSR count). The van der Waals surface area contributed by atoms with Crippen molar-refractivity contribution in [1.82, 2.24) is 10.1 Å². The summed E-state index contributed by atoms with van der Waals surface area (Å²) in [4.78, 5) is 19.8. The highest BCUT2D eigenvalue weighted by Gasteiger charge is 2.60. The molecule has 3 heterocycles. The number of benzene rings is 2. The van der Waals surface area contributed by atoms with Gasteiger partial charge in [-0.3, -0.25) is 9.69 Å². The van der Waals surface area contributed by atoms with E-state index in [1.54, 1.807) is 53.6 Å². The maximum absolute atomic E-state index is 13.5. The molecule has 8 nitrogen and oxygen atoms in total. The van der Waals surface area contributed by atoms with Crippen LogP contribution in [0.3, 0.4) is 0 Å². The van der Waals surface area contributed by atoms with Gasteiger partial charge in [-0.2, -0.15) is 0 Å². The zero-order valence-corrected chi connectivity index (χ0v) is 22.1. The van der Waals surface area contributed by atoms with Crippen molar-refractivity contribution in [2.24, 2.45) is 0 Å². The highest BCUT2D eigenvalue weighted by Crippen LogP contribution is 2.59. The molecule has 2 fully saturated rings. The minimum absolute atomic E-state index is 0.0369. The number of aromatic nitrogens is 2. The van der Waals surface area contributed by atoms with Gasteiger partial charge in [-0.25, -0.2) is 4.98 Å². The third kappa shape index (κ3) is 4.02. The summed E-state index contributed by atoms with van der Waals surface area (Å²) in [6.45, 7) is 0.183. The van der Waals surface area contributed by atoms with E-state index in [0.29, 0.717) is 50.0 Å². The topological polar surface area (TPSA) is 109 Å². The summed E-state index contributed by atoms with van der Waals surface area (Å²) in [6.07, 6.45) is 3.56. The first-order valence-corrected chi connectivity index (χ1v) is 13.5. The van der Waals surface area contributed by atoms with Crippen molar-refractivity contribution in [2.75, 3.05) is 4.90 Å². The third-order valence-corrected chi connectivity index (χ3v) is 8.36. The summed E-state index contributed by atoms with van der Waals surface area (Å²) in [5.41, 5.74) is 3.17. The number of fused-ring (bicyclic) bond motifs is 2. The Morgan fingerprint density at radius 3 is 2.46 bits per heavy atom. The van der Waals surface area contributed by atoms with Gasteiger partial charge in [-0.15, -0.1) is 0 Å². The average molecular weight is 564 g/mol. The van der Waals surface area contributed by atoms with Crippen LogP contribution in [-0.4, -0.2) is 26.3 Å². The molecule has 198 valence electrons. The number of aliphatic hydroxyl groups is 2. The van der Waals surface area contributed by atoms with Crippen LogP contribution in [0.15, 0.2) is 59.3 Å². The number of aliphatic hydroxyl groups excluding tert-OH is 1. The number of hydrogen-bond acceptors (Lipinski definition) is 7. The zero-order chi connectivity index (χ0) is 26.9. The molecule has 1 aliphatic heterocycles. The van der Waals surface area contributed by atoms with Gasteiger partial charge >= 0.3 is 0 Å². The van der Waals surface area contributed by atoms with E-state index in [9.17, 15) is 15.0 Å². The maximum Gasteiger partial charge on any atom is 0.243 e. The van der Waals surface area contributed by atoms with Crippen LogP contribution in [0.5, 0.6) is 5.75 Å². The minimum atomic E-state index is -1.58. The Bertz CT molecular complexity index is 1590. The van der Waals surface area contributed by atoms with Crippen molar-refractivity contribution in [3.05, 3.63) is 87.2 Å². The molecule has 0 atom stereocenters. The summed E-state index contributed by atoms with van der Waals surface area (Å²) in [6, 6.07) is 13.8. The second kappa shape index (κ2) is 9.06. The van der Waals surface area contributed by atoms with Gasteiger partial charge in [0.15, 0.2) is 6.29 Å². The van der Waals surface area contributed by atoms with Crippen molar-refractivity contribution in [2.45, 2.75) is 49.9 Å². The number of amides is 1. The summed E-state index contributed by atoms with van der Waals surface area (Å²) >= 11 is 13.0. The van der Waals surface area contributed by atoms with E-state index in [-0.39, 0.29) is 12.5 Å². The molecule has 39 heavy (non-hydrogen) atoms. The molecular weight excluding hydrogens is 541 g/mol. The van der Waals surface area contributed by atoms with Crippen molar-refractivity contribution in [3.63, 3.8) is 0 Å². The summed E-state index contributed by atoms with van der Waals surface area (Å²) < 4.78 is 12.0. The predicted octanol–water partition coefficient (Wildman–Crippen LogP) is 6.19. The van der Waals surface area contributed by atoms with Crippen LogP contribution in [0.1, 0.15) is 60.3 Å². The highest BCUT2D eigenvalue weighted by atomic mass is 35.5. The number of anilines is 2. The van der Waals surface area contributed by atoms with Gasteiger partial charge < -0.3 is 19.5 Å². The Morgan fingerprint density at radius 2 is 1.82 bits per heavy atom. The molecule has 3 aliphatic rings. The van der Waals surface area contributed by atoms with Crippen LogP contribution in [0.25, 0.3) is 11.3 Å². The van der Waals surface area contributed by atoms with Gasteiger partial charge in [0.05, 0.1) is 32.9 Å². The van der Waals surface area contributed by atoms with Gasteiger partial charge in [0, 0.05) is 22.6 Å². The van der Waals surface area contributed by atoms with Gasteiger partial charge in [0.1, 0.15) is 29.6 Å². The summed E-state index contributed by atoms with van der Waals surface area (Å²) in [5, 5.41) is 24.1. The van der Waals surface area contributed by atoms with E-state index in [1.807, 2.05) is 6.07 Å². The molecule has 0 bridgehead atoms. The lowest BCUT2D eigenvalue weighted by atomic mass is 9.99. The van der Waals surface area contributed by atoms with Gasteiger partial charge in [0.2, 0.25) is 5.91 Å². The van der Waals surface area contributed by atoms with E-state index >= 15 is 0 Å². The van der Waals surface area contributed by atoms with E-state index in [2.05, 4.69) is 10.1 Å². The Labute approximate surface area is 233 Å². The van der Waals surface area contributed by atoms with Crippen molar-refractivity contribution in [1.29, 1.82) is 0 Å². The molecule has 2 aromatic heterocycles. The second-order valence-electron chi connectivity index (χ2n) is 10.3. The predicted molar refractivity (Wildman–Crippen MR) is 144 cm³/mol. The number of hydrogen-bond donors (Lipinski definition) is 2. The number of ether oxygens (including phenoxy) is 1. The van der Waals surface area contributed by atoms with Crippen LogP contribution in [-0.2, 0) is 16.8 Å². The molecule has 0 saturated heterocycles. The monoisotopic (exact) mass is 563 g/mol. The second-order valence-corrected chi connectivity index (χ2v) is 11.1. The fraction of sp³-hybridized carbons (Fsp3) is 0.276. The van der Waals surface area contributed by atoms with E-state index in [4.69, 9.17) is 32.5 Å². The molecule has 0 unspecified atom stereocenters. The van der Waals surface area contributed by atoms with Gasteiger partial charge in [-0.1, -0.05) is 46.6 Å². The summed E-state index contributed by atoms with van der Waals surface area (Å²) in [5.74, 6) is 2.14. The molecule has 1 spiro atoms. The van der Waals surface area contributed by atoms with Crippen molar-refractivity contribution in [3.8, 4) is 17.0 Å². The number of carbonyl (C=O) groups excluding carboxylic acids is 1. The standard InChI is InChI=1S/C29H23Cl2N3O5/c30-21-2-1-3-22(31)23(21)24-19(25(39-33-24)15-4-5-15)14-38-18-12-20-26(32-13-18)34(28(37)29(20)10-11-29)17-8-6-16(7-9-17)27(35)36/h1-3,6-9,12-13,15,27,35-36H,4-5,10-11,14H2. The van der Waals surface area contributed by atoms with Gasteiger partial charge in [0.25, 0.3) is 0 Å². The molecule has 2 saturated carbocycles. The van der Waals surface area contributed by atoms with Crippen LogP contribution < -0.4 is 9.64 Å². The van der Waals surface area contributed by atoms with Crippen LogP contribution >= 0.6 is 23.2 Å². The fourth-order valence-electron chi connectivity index (χ4n) is 5.32. The lowest BCUT2D eigenvalue weighted by molar-refractivity contribution is -0.119. The lowest BCUT2D eigenvalue weighted by Crippen LogP contribution is -2.28. The maximum atomic E-state index is 13.5. The van der Waals surface area contributed by atoms with Gasteiger partial charge in [-0.05, 0) is 56.0 Å². The van der Waals surface area contributed by atoms with E-state index < -0.39 is 11.7 Å². The molecular formula is C29H23Cl2N3O5. The molecule has 2 aliphatic carbocycles. The Hall–Kier alpha value is -3.43. The zero-order valence-electron chi connectivity index (χ0n) is 20.6. The third-order valence-electron chi connectivity index (χ3n) is 7.73. The van der Waals surface area contributed by atoms with E-state index in [0.717, 1.165) is 42.6 Å². The van der Waals surface area contributed by atoms with Crippen molar-refractivity contribution >= 4 is 40.6 Å². The smallest absolute Gasteiger partial charge is 0.243 e. The highest BCUT2D eigenvalue weighted by molar-refractivity contribution is 6.39. The lowest BCUT2D eigenvalue weighted by Gasteiger charge is -2.18. The van der Waals surface area contributed by atoms with Crippen molar-refractivity contribution < 1.29 is 24.3 Å². The minimum Gasteiger partial charge on any atom is -0.487 e. The number of rotatable bonds is 7. The summed E-state index contributed by atoms with van der Waals surface area (Å²) in [7, 11) is 0. The first-order chi connectivity index (χ1) is 18.9. The number of halogens is 2. The first-order valence-electron chi connectivity index (χ1n) is 12.7. The largest absolute Gasteiger partial charge is 0.487 e. The Kier molecular flexibility index (Phi) is 5.72.